The lowest BCUT2D eigenvalue weighted by Crippen LogP contribution is -2.30. The number of imidazole rings is 1. The fourth-order valence-electron chi connectivity index (χ4n) is 5.43. The lowest BCUT2D eigenvalue weighted by atomic mass is 9.95. The third kappa shape index (κ3) is 4.02. The first-order valence-electron chi connectivity index (χ1n) is 12.7. The highest BCUT2D eigenvalue weighted by molar-refractivity contribution is 7.99. The van der Waals surface area contributed by atoms with Crippen molar-refractivity contribution >= 4 is 28.5 Å². The molecule has 2 N–H and O–H groups in total. The fourth-order valence-corrected chi connectivity index (χ4v) is 6.95. The van der Waals surface area contributed by atoms with Gasteiger partial charge in [-0.15, -0.1) is 0 Å². The zero-order chi connectivity index (χ0) is 27.2. The number of aromatic nitrogens is 4. The van der Waals surface area contributed by atoms with E-state index in [2.05, 4.69) is 33.3 Å². The summed E-state index contributed by atoms with van der Waals surface area (Å²) < 4.78 is 7.27. The van der Waals surface area contributed by atoms with Crippen molar-refractivity contribution in [3.05, 3.63) is 125 Å². The Bertz CT molecular complexity index is 1920. The molecule has 6 aromatic rings. The van der Waals surface area contributed by atoms with Crippen molar-refractivity contribution in [2.24, 2.45) is 0 Å². The Hall–Kier alpha value is -4.89. The molecule has 0 bridgehead atoms. The predicted molar refractivity (Wildman–Crippen MR) is 152 cm³/mol. The Morgan fingerprint density at radius 3 is 2.60 bits per heavy atom. The van der Waals surface area contributed by atoms with Gasteiger partial charge in [0.25, 0.3) is 5.56 Å². The summed E-state index contributed by atoms with van der Waals surface area (Å²) in [5, 5.41) is 16.7. The van der Waals surface area contributed by atoms with Crippen LogP contribution in [0.5, 0.6) is 0 Å². The molecule has 196 valence electrons. The van der Waals surface area contributed by atoms with Crippen LogP contribution in [0.4, 0.5) is 0 Å². The van der Waals surface area contributed by atoms with Crippen molar-refractivity contribution in [3.63, 3.8) is 0 Å². The molecule has 9 heteroatoms. The summed E-state index contributed by atoms with van der Waals surface area (Å²) in [7, 11) is 0. The van der Waals surface area contributed by atoms with Gasteiger partial charge < -0.3 is 14.6 Å². The number of aromatic amines is 1. The zero-order valence-corrected chi connectivity index (χ0v) is 21.8. The van der Waals surface area contributed by atoms with Crippen molar-refractivity contribution in [1.82, 2.24) is 19.7 Å². The van der Waals surface area contributed by atoms with E-state index in [9.17, 15) is 14.7 Å². The summed E-state index contributed by atoms with van der Waals surface area (Å²) >= 11 is 1.31. The summed E-state index contributed by atoms with van der Waals surface area (Å²) in [6, 6.07) is 26.2. The standard InChI is InChI=1S/C31H22N4O4S/c36-26-14-21(13-20-11-6-10-18-7-4-5-12-22(18)20)27(25-15-23(34-39-25)19-8-2-1-3-9-19)30-35(26)28(31(37)38)29(40-30)24-16-32-17-33-24/h1-12,14-17,28-29H,13H2,(H,32,33)(H,37,38). The number of thioether (sulfide) groups is 1. The molecule has 4 heterocycles. The molecule has 0 saturated heterocycles. The smallest absolute Gasteiger partial charge is 0.328 e. The van der Waals surface area contributed by atoms with Crippen molar-refractivity contribution in [2.45, 2.75) is 22.7 Å². The third-order valence-electron chi connectivity index (χ3n) is 7.24. The van der Waals surface area contributed by atoms with Crippen LogP contribution in [0.25, 0.3) is 33.4 Å². The summed E-state index contributed by atoms with van der Waals surface area (Å²) in [5.41, 5.74) is 4.17. The van der Waals surface area contributed by atoms with Crippen LogP contribution in [0.2, 0.25) is 0 Å². The predicted octanol–water partition coefficient (Wildman–Crippen LogP) is 6.11. The molecule has 0 spiro atoms. The van der Waals surface area contributed by atoms with Crippen LogP contribution < -0.4 is 5.56 Å². The second kappa shape index (κ2) is 9.69. The minimum absolute atomic E-state index is 0.380. The summed E-state index contributed by atoms with van der Waals surface area (Å²) in [6.45, 7) is 0. The van der Waals surface area contributed by atoms with Crippen LogP contribution in [0.3, 0.4) is 0 Å². The maximum absolute atomic E-state index is 13.6. The minimum Gasteiger partial charge on any atom is -0.480 e. The summed E-state index contributed by atoms with van der Waals surface area (Å²) in [6.07, 6.45) is 3.63. The Morgan fingerprint density at radius 2 is 1.80 bits per heavy atom. The van der Waals surface area contributed by atoms with Gasteiger partial charge in [0.15, 0.2) is 11.8 Å². The van der Waals surface area contributed by atoms with E-state index in [1.807, 2.05) is 60.7 Å². The molecular weight excluding hydrogens is 524 g/mol. The number of rotatable bonds is 6. The van der Waals surface area contributed by atoms with Crippen LogP contribution in [0.15, 0.2) is 112 Å². The SMILES string of the molecule is O=C(O)C1C(c2c[nH]cn2)Sc2c(-c3cc(-c4ccccc4)no3)c(Cc3cccc4ccccc34)cc(=O)n21. The number of benzene rings is 3. The average Bonchev–Trinajstić information content (AvgIpc) is 3.74. The molecule has 2 unspecified atom stereocenters. The van der Waals surface area contributed by atoms with Gasteiger partial charge in [0.2, 0.25) is 0 Å². The normalized spacial score (nSPS) is 16.3. The van der Waals surface area contributed by atoms with Gasteiger partial charge in [-0.1, -0.05) is 89.7 Å². The minimum atomic E-state index is -1.13. The maximum atomic E-state index is 13.6. The topological polar surface area (TPSA) is 114 Å². The molecule has 7 rings (SSSR count). The number of carbonyl (C=O) groups is 1. The molecule has 3 aromatic carbocycles. The lowest BCUT2D eigenvalue weighted by Gasteiger charge is -2.16. The van der Waals surface area contributed by atoms with E-state index < -0.39 is 17.3 Å². The number of carboxylic acids is 1. The number of pyridine rings is 1. The van der Waals surface area contributed by atoms with Crippen LogP contribution in [-0.2, 0) is 11.2 Å². The molecule has 40 heavy (non-hydrogen) atoms. The van der Waals surface area contributed by atoms with E-state index >= 15 is 0 Å². The maximum Gasteiger partial charge on any atom is 0.328 e. The first-order valence-corrected chi connectivity index (χ1v) is 13.6. The Balaban J connectivity index is 1.45. The number of hydrogen-bond acceptors (Lipinski definition) is 6. The highest BCUT2D eigenvalue weighted by Gasteiger charge is 2.43. The van der Waals surface area contributed by atoms with Gasteiger partial charge in [0.05, 0.1) is 27.9 Å². The third-order valence-corrected chi connectivity index (χ3v) is 8.62. The Morgan fingerprint density at radius 1 is 1.00 bits per heavy atom. The van der Waals surface area contributed by atoms with Crippen LogP contribution in [-0.4, -0.2) is 30.8 Å². The van der Waals surface area contributed by atoms with Gasteiger partial charge in [0, 0.05) is 23.9 Å². The largest absolute Gasteiger partial charge is 0.480 e. The lowest BCUT2D eigenvalue weighted by molar-refractivity contribution is -0.141. The number of nitrogens with one attached hydrogen (secondary N) is 1. The quantitative estimate of drug-likeness (QED) is 0.259. The van der Waals surface area contributed by atoms with Gasteiger partial charge in [-0.05, 0) is 28.3 Å². The molecule has 0 aliphatic carbocycles. The number of nitrogens with zero attached hydrogens (tertiary/aromatic N) is 3. The van der Waals surface area contributed by atoms with Gasteiger partial charge in [-0.3, -0.25) is 9.36 Å². The monoisotopic (exact) mass is 546 g/mol. The molecule has 1 aliphatic rings. The van der Waals surface area contributed by atoms with Crippen molar-refractivity contribution in [1.29, 1.82) is 0 Å². The van der Waals surface area contributed by atoms with E-state index in [0.717, 1.165) is 27.5 Å². The molecule has 3 aromatic heterocycles. The fraction of sp³-hybridized carbons (Fsp3) is 0.0968. The van der Waals surface area contributed by atoms with Gasteiger partial charge in [0.1, 0.15) is 5.69 Å². The van der Waals surface area contributed by atoms with Gasteiger partial charge in [-0.2, -0.15) is 0 Å². The number of carboxylic acid groups (broad SMARTS) is 1. The molecule has 1 aliphatic heterocycles. The molecule has 0 amide bonds. The van der Waals surface area contributed by atoms with E-state index in [-0.39, 0.29) is 5.56 Å². The van der Waals surface area contributed by atoms with Gasteiger partial charge in [-0.25, -0.2) is 9.78 Å². The summed E-state index contributed by atoms with van der Waals surface area (Å²) in [4.78, 5) is 33.4. The number of hydrogen-bond donors (Lipinski definition) is 2. The first-order chi connectivity index (χ1) is 19.6. The van der Waals surface area contributed by atoms with E-state index in [1.165, 1.54) is 28.7 Å². The Kier molecular flexibility index (Phi) is 5.86. The second-order valence-corrected chi connectivity index (χ2v) is 10.8. The number of fused-ring (bicyclic) bond motifs is 2. The molecule has 0 fully saturated rings. The first kappa shape index (κ1) is 24.2. The highest BCUT2D eigenvalue weighted by atomic mass is 32.2. The van der Waals surface area contributed by atoms with Crippen molar-refractivity contribution in [2.75, 3.05) is 0 Å². The Labute approximate surface area is 232 Å². The van der Waals surface area contributed by atoms with Crippen LogP contribution in [0.1, 0.15) is 28.1 Å². The molecule has 0 saturated carbocycles. The zero-order valence-electron chi connectivity index (χ0n) is 21.0. The number of H-pyrrole nitrogens is 1. The summed E-state index contributed by atoms with van der Waals surface area (Å²) in [5.74, 6) is -0.631. The van der Waals surface area contributed by atoms with E-state index in [4.69, 9.17) is 4.52 Å². The molecule has 2 atom stereocenters. The molecule has 8 nitrogen and oxygen atoms in total. The van der Waals surface area contributed by atoms with Crippen LogP contribution in [0, 0.1) is 0 Å². The average molecular weight is 547 g/mol. The van der Waals surface area contributed by atoms with Gasteiger partial charge >= 0.3 is 5.97 Å². The van der Waals surface area contributed by atoms with Crippen LogP contribution >= 0.6 is 11.8 Å². The van der Waals surface area contributed by atoms with E-state index in [0.29, 0.717) is 34.2 Å². The van der Waals surface area contributed by atoms with E-state index in [1.54, 1.807) is 6.20 Å². The highest BCUT2D eigenvalue weighted by Crippen LogP contribution is 2.53. The molecule has 0 radical (unpaired) electrons. The van der Waals surface area contributed by atoms with Crippen molar-refractivity contribution in [3.8, 4) is 22.6 Å². The molecular formula is C31H22N4O4S. The van der Waals surface area contributed by atoms with Crippen molar-refractivity contribution < 1.29 is 14.4 Å². The second-order valence-electron chi connectivity index (χ2n) is 9.63. The number of aliphatic carboxylic acids is 1.